The summed E-state index contributed by atoms with van der Waals surface area (Å²) < 4.78 is 0. The van der Waals surface area contributed by atoms with Crippen molar-refractivity contribution in [3.05, 3.63) is 41.0 Å². The van der Waals surface area contributed by atoms with Crippen LogP contribution in [-0.2, 0) is 0 Å². The molecule has 2 aromatic rings. The Bertz CT molecular complexity index is 574. The first kappa shape index (κ1) is 12.9. The van der Waals surface area contributed by atoms with E-state index in [0.717, 1.165) is 13.0 Å². The number of hydrogen-bond acceptors (Lipinski definition) is 6. The van der Waals surface area contributed by atoms with Gasteiger partial charge in [-0.3, -0.25) is 10.1 Å². The SMILES string of the molecule is CCCNc1ccc([N+](=O)[O-])c(-c2cncnc2)n1. The molecule has 0 aliphatic heterocycles. The average Bonchev–Trinajstić information content (AvgIpc) is 2.45. The van der Waals surface area contributed by atoms with E-state index in [1.165, 1.54) is 24.8 Å². The van der Waals surface area contributed by atoms with Gasteiger partial charge in [-0.1, -0.05) is 6.92 Å². The zero-order valence-electron chi connectivity index (χ0n) is 10.4. The van der Waals surface area contributed by atoms with Crippen LogP contribution in [0.15, 0.2) is 30.9 Å². The number of pyridine rings is 1. The molecule has 2 heterocycles. The van der Waals surface area contributed by atoms with Crippen LogP contribution < -0.4 is 5.32 Å². The maximum atomic E-state index is 11.0. The molecule has 0 unspecified atom stereocenters. The molecule has 7 heteroatoms. The highest BCUT2D eigenvalue weighted by atomic mass is 16.6. The van der Waals surface area contributed by atoms with Crippen LogP contribution in [0.3, 0.4) is 0 Å². The van der Waals surface area contributed by atoms with E-state index in [1.807, 2.05) is 6.92 Å². The monoisotopic (exact) mass is 259 g/mol. The summed E-state index contributed by atoms with van der Waals surface area (Å²) in [4.78, 5) is 22.6. The third-order valence-corrected chi connectivity index (χ3v) is 2.46. The fourth-order valence-corrected chi connectivity index (χ4v) is 1.58. The van der Waals surface area contributed by atoms with Crippen molar-refractivity contribution in [3.63, 3.8) is 0 Å². The standard InChI is InChI=1S/C12H13N5O2/c1-2-5-15-11-4-3-10(17(18)19)12(16-11)9-6-13-8-14-7-9/h3-4,6-8H,2,5H2,1H3,(H,15,16). The molecule has 0 spiro atoms. The van der Waals surface area contributed by atoms with E-state index in [9.17, 15) is 10.1 Å². The first-order valence-electron chi connectivity index (χ1n) is 5.87. The maximum Gasteiger partial charge on any atom is 0.295 e. The third-order valence-electron chi connectivity index (χ3n) is 2.46. The molecule has 0 aromatic carbocycles. The molecule has 0 aliphatic rings. The number of nitro groups is 1. The van der Waals surface area contributed by atoms with Gasteiger partial charge in [0.25, 0.3) is 5.69 Å². The van der Waals surface area contributed by atoms with Crippen LogP contribution in [0.4, 0.5) is 11.5 Å². The summed E-state index contributed by atoms with van der Waals surface area (Å²) in [6.45, 7) is 2.79. The van der Waals surface area contributed by atoms with Gasteiger partial charge in [0, 0.05) is 30.6 Å². The Morgan fingerprint density at radius 2 is 2.05 bits per heavy atom. The van der Waals surface area contributed by atoms with Crippen LogP contribution in [0.2, 0.25) is 0 Å². The lowest BCUT2D eigenvalue weighted by Crippen LogP contribution is -2.04. The van der Waals surface area contributed by atoms with Crippen molar-refractivity contribution < 1.29 is 4.92 Å². The van der Waals surface area contributed by atoms with Gasteiger partial charge in [0.2, 0.25) is 0 Å². The van der Waals surface area contributed by atoms with Crippen molar-refractivity contribution in [3.8, 4) is 11.3 Å². The highest BCUT2D eigenvalue weighted by Crippen LogP contribution is 2.28. The number of anilines is 1. The lowest BCUT2D eigenvalue weighted by Gasteiger charge is -2.06. The van der Waals surface area contributed by atoms with Gasteiger partial charge in [0.1, 0.15) is 12.1 Å². The lowest BCUT2D eigenvalue weighted by atomic mass is 10.2. The minimum absolute atomic E-state index is 0.0585. The van der Waals surface area contributed by atoms with Crippen molar-refractivity contribution in [1.82, 2.24) is 15.0 Å². The molecule has 19 heavy (non-hydrogen) atoms. The average molecular weight is 259 g/mol. The van der Waals surface area contributed by atoms with E-state index in [1.54, 1.807) is 6.07 Å². The second kappa shape index (κ2) is 5.85. The molecule has 0 atom stereocenters. The predicted octanol–water partition coefficient (Wildman–Crippen LogP) is 2.27. The highest BCUT2D eigenvalue weighted by molar-refractivity contribution is 5.70. The molecule has 0 fully saturated rings. The van der Waals surface area contributed by atoms with Crippen molar-refractivity contribution in [2.75, 3.05) is 11.9 Å². The quantitative estimate of drug-likeness (QED) is 0.653. The van der Waals surface area contributed by atoms with Crippen molar-refractivity contribution in [2.45, 2.75) is 13.3 Å². The molecule has 2 rings (SSSR count). The Balaban J connectivity index is 2.45. The van der Waals surface area contributed by atoms with E-state index in [-0.39, 0.29) is 11.4 Å². The first-order valence-corrected chi connectivity index (χ1v) is 5.87. The van der Waals surface area contributed by atoms with Crippen LogP contribution >= 0.6 is 0 Å². The number of nitrogens with zero attached hydrogens (tertiary/aromatic N) is 4. The highest BCUT2D eigenvalue weighted by Gasteiger charge is 2.18. The molecule has 2 aromatic heterocycles. The lowest BCUT2D eigenvalue weighted by molar-refractivity contribution is -0.384. The molecule has 0 aliphatic carbocycles. The van der Waals surface area contributed by atoms with Gasteiger partial charge >= 0.3 is 0 Å². The van der Waals surface area contributed by atoms with Gasteiger partial charge in [-0.25, -0.2) is 15.0 Å². The van der Waals surface area contributed by atoms with Gasteiger partial charge in [-0.15, -0.1) is 0 Å². The van der Waals surface area contributed by atoms with Gasteiger partial charge in [-0.2, -0.15) is 0 Å². The molecular formula is C12H13N5O2. The third kappa shape index (κ3) is 3.01. The predicted molar refractivity (Wildman–Crippen MR) is 70.7 cm³/mol. The topological polar surface area (TPSA) is 93.8 Å². The molecule has 7 nitrogen and oxygen atoms in total. The Hall–Kier alpha value is -2.57. The van der Waals surface area contributed by atoms with Crippen LogP contribution in [-0.4, -0.2) is 26.4 Å². The molecule has 0 saturated carbocycles. The minimum atomic E-state index is -0.459. The fourth-order valence-electron chi connectivity index (χ4n) is 1.58. The summed E-state index contributed by atoms with van der Waals surface area (Å²) in [7, 11) is 0. The van der Waals surface area contributed by atoms with Gasteiger partial charge in [0.15, 0.2) is 5.69 Å². The summed E-state index contributed by atoms with van der Waals surface area (Å²) in [6.07, 6.45) is 5.33. The van der Waals surface area contributed by atoms with E-state index in [2.05, 4.69) is 20.3 Å². The minimum Gasteiger partial charge on any atom is -0.370 e. The number of aromatic nitrogens is 3. The van der Waals surface area contributed by atoms with Crippen LogP contribution in [0.5, 0.6) is 0 Å². The van der Waals surface area contributed by atoms with E-state index < -0.39 is 4.92 Å². The fraction of sp³-hybridized carbons (Fsp3) is 0.250. The summed E-state index contributed by atoms with van der Waals surface area (Å²) in [5.41, 5.74) is 0.734. The summed E-state index contributed by atoms with van der Waals surface area (Å²) in [5, 5.41) is 14.1. The summed E-state index contributed by atoms with van der Waals surface area (Å²) >= 11 is 0. The van der Waals surface area contributed by atoms with Crippen LogP contribution in [0.1, 0.15) is 13.3 Å². The molecule has 0 radical (unpaired) electrons. The second-order valence-corrected chi connectivity index (χ2v) is 3.88. The number of nitrogens with one attached hydrogen (secondary N) is 1. The molecule has 98 valence electrons. The smallest absolute Gasteiger partial charge is 0.295 e. The molecule has 0 saturated heterocycles. The zero-order valence-corrected chi connectivity index (χ0v) is 10.4. The van der Waals surface area contributed by atoms with E-state index >= 15 is 0 Å². The summed E-state index contributed by atoms with van der Waals surface area (Å²) in [5.74, 6) is 0.603. The normalized spacial score (nSPS) is 10.2. The van der Waals surface area contributed by atoms with Gasteiger partial charge < -0.3 is 5.32 Å². The number of hydrogen-bond donors (Lipinski definition) is 1. The van der Waals surface area contributed by atoms with Crippen LogP contribution in [0, 0.1) is 10.1 Å². The number of rotatable bonds is 5. The molecule has 0 bridgehead atoms. The maximum absolute atomic E-state index is 11.0. The largest absolute Gasteiger partial charge is 0.370 e. The van der Waals surface area contributed by atoms with Gasteiger partial charge in [0.05, 0.1) is 4.92 Å². The molecule has 1 N–H and O–H groups in total. The van der Waals surface area contributed by atoms with Gasteiger partial charge in [-0.05, 0) is 12.5 Å². The molecule has 0 amide bonds. The molecular weight excluding hydrogens is 246 g/mol. The van der Waals surface area contributed by atoms with Crippen LogP contribution in [0.25, 0.3) is 11.3 Å². The Kier molecular flexibility index (Phi) is 3.97. The van der Waals surface area contributed by atoms with Crippen molar-refractivity contribution in [1.29, 1.82) is 0 Å². The van der Waals surface area contributed by atoms with Crippen molar-refractivity contribution in [2.24, 2.45) is 0 Å². The Labute approximate surface area is 109 Å². The van der Waals surface area contributed by atoms with E-state index in [4.69, 9.17) is 0 Å². The summed E-state index contributed by atoms with van der Waals surface area (Å²) in [6, 6.07) is 3.04. The zero-order chi connectivity index (χ0) is 13.7. The van der Waals surface area contributed by atoms with Crippen molar-refractivity contribution >= 4 is 11.5 Å². The Morgan fingerprint density at radius 3 is 2.68 bits per heavy atom. The van der Waals surface area contributed by atoms with E-state index in [0.29, 0.717) is 11.4 Å². The Morgan fingerprint density at radius 1 is 1.32 bits per heavy atom. The second-order valence-electron chi connectivity index (χ2n) is 3.88. The first-order chi connectivity index (χ1) is 9.22.